The number of amides is 1. The predicted molar refractivity (Wildman–Crippen MR) is 121 cm³/mol. The lowest BCUT2D eigenvalue weighted by Crippen LogP contribution is -2.36. The van der Waals surface area contributed by atoms with Crippen LogP contribution >= 0.6 is 35.6 Å². The first-order chi connectivity index (χ1) is 12.5. The molecule has 0 aromatic heterocycles. The average molecular weight is 503 g/mol. The van der Waals surface area contributed by atoms with Gasteiger partial charge in [-0.3, -0.25) is 9.79 Å². The molecule has 27 heavy (non-hydrogen) atoms. The van der Waals surface area contributed by atoms with Crippen molar-refractivity contribution in [3.05, 3.63) is 58.6 Å². The molecule has 3 N–H and O–H groups in total. The molecule has 0 spiro atoms. The van der Waals surface area contributed by atoms with Gasteiger partial charge in [0.15, 0.2) is 5.96 Å². The van der Waals surface area contributed by atoms with Crippen LogP contribution in [0.1, 0.15) is 18.1 Å². The molecule has 0 aliphatic heterocycles. The fourth-order valence-corrected chi connectivity index (χ4v) is 2.60. The van der Waals surface area contributed by atoms with Crippen LogP contribution in [0.5, 0.6) is 5.75 Å². The Morgan fingerprint density at radius 2 is 1.78 bits per heavy atom. The molecular formula is C19H24ClIN4O2. The predicted octanol–water partition coefficient (Wildman–Crippen LogP) is 3.79. The smallest absolute Gasteiger partial charge is 0.221 e. The fourth-order valence-electron chi connectivity index (χ4n) is 2.39. The Morgan fingerprint density at radius 3 is 2.33 bits per heavy atom. The van der Waals surface area contributed by atoms with Gasteiger partial charge in [0.25, 0.3) is 0 Å². The lowest BCUT2D eigenvalue weighted by atomic mass is 10.2. The number of ether oxygens (including phenoxy) is 1. The molecule has 2 aromatic rings. The third-order valence-corrected chi connectivity index (χ3v) is 3.84. The lowest BCUT2D eigenvalue weighted by molar-refractivity contribution is -0.114. The van der Waals surface area contributed by atoms with Gasteiger partial charge in [-0.15, -0.1) is 24.0 Å². The van der Waals surface area contributed by atoms with E-state index in [-0.39, 0.29) is 29.9 Å². The van der Waals surface area contributed by atoms with Crippen molar-refractivity contribution in [2.75, 3.05) is 19.5 Å². The highest BCUT2D eigenvalue weighted by Crippen LogP contribution is 2.25. The number of carbonyl (C=O) groups is 1. The van der Waals surface area contributed by atoms with Crippen LogP contribution in [-0.2, 0) is 17.9 Å². The first-order valence-corrected chi connectivity index (χ1v) is 8.53. The number of aliphatic imine (C=N–C) groups is 1. The maximum Gasteiger partial charge on any atom is 0.221 e. The monoisotopic (exact) mass is 502 g/mol. The summed E-state index contributed by atoms with van der Waals surface area (Å²) in [4.78, 5) is 15.5. The van der Waals surface area contributed by atoms with E-state index in [1.807, 2.05) is 42.5 Å². The second-order valence-electron chi connectivity index (χ2n) is 5.63. The molecular weight excluding hydrogens is 479 g/mol. The molecule has 146 valence electrons. The van der Waals surface area contributed by atoms with Crippen molar-refractivity contribution in [1.29, 1.82) is 0 Å². The van der Waals surface area contributed by atoms with Gasteiger partial charge in [-0.25, -0.2) is 0 Å². The largest absolute Gasteiger partial charge is 0.495 e. The molecule has 0 radical (unpaired) electrons. The van der Waals surface area contributed by atoms with Crippen molar-refractivity contribution in [3.63, 3.8) is 0 Å². The van der Waals surface area contributed by atoms with Crippen molar-refractivity contribution in [2.45, 2.75) is 20.0 Å². The summed E-state index contributed by atoms with van der Waals surface area (Å²) in [5.74, 6) is 1.14. The first kappa shape index (κ1) is 23.0. The number of methoxy groups -OCH3 is 1. The normalized spacial score (nSPS) is 10.6. The van der Waals surface area contributed by atoms with Gasteiger partial charge in [-0.05, 0) is 35.4 Å². The standard InChI is InChI=1S/C19H23ClN4O2.HI/c1-13(25)24-17-10-15(7-8-18(17)26-3)12-23-19(21-2)22-11-14-5-4-6-16(20)9-14;/h4-10H,11-12H2,1-3H3,(H,24,25)(H2,21,22,23);1H. The number of hydrogen-bond donors (Lipinski definition) is 3. The Kier molecular flexibility index (Phi) is 9.95. The van der Waals surface area contributed by atoms with Crippen molar-refractivity contribution in [1.82, 2.24) is 10.6 Å². The molecule has 6 nitrogen and oxygen atoms in total. The minimum absolute atomic E-state index is 0. The van der Waals surface area contributed by atoms with Crippen LogP contribution in [0.25, 0.3) is 0 Å². The summed E-state index contributed by atoms with van der Waals surface area (Å²) in [7, 11) is 3.28. The average Bonchev–Trinajstić information content (AvgIpc) is 2.61. The van der Waals surface area contributed by atoms with E-state index in [1.165, 1.54) is 6.92 Å². The molecule has 0 saturated heterocycles. The van der Waals surface area contributed by atoms with Gasteiger partial charge in [0, 0.05) is 32.1 Å². The van der Waals surface area contributed by atoms with E-state index in [0.717, 1.165) is 11.1 Å². The molecule has 1 amide bonds. The second-order valence-corrected chi connectivity index (χ2v) is 6.06. The van der Waals surface area contributed by atoms with Gasteiger partial charge in [-0.2, -0.15) is 0 Å². The molecule has 0 aliphatic rings. The van der Waals surface area contributed by atoms with Crippen LogP contribution in [0.2, 0.25) is 5.02 Å². The molecule has 8 heteroatoms. The minimum atomic E-state index is -0.146. The number of halogens is 2. The summed E-state index contributed by atoms with van der Waals surface area (Å²) >= 11 is 6.00. The molecule has 0 aliphatic carbocycles. The number of nitrogens with zero attached hydrogens (tertiary/aromatic N) is 1. The van der Waals surface area contributed by atoms with Gasteiger partial charge < -0.3 is 20.7 Å². The number of benzene rings is 2. The molecule has 2 aromatic carbocycles. The SMILES string of the molecule is CN=C(NCc1cccc(Cl)c1)NCc1ccc(OC)c(NC(C)=O)c1.I. The third kappa shape index (κ3) is 7.64. The second kappa shape index (κ2) is 11.7. The number of anilines is 1. The number of carbonyl (C=O) groups excluding carboxylic acids is 1. The topological polar surface area (TPSA) is 74.8 Å². The van der Waals surface area contributed by atoms with E-state index in [1.54, 1.807) is 14.2 Å². The Bertz CT molecular complexity index is 799. The first-order valence-electron chi connectivity index (χ1n) is 8.15. The number of rotatable bonds is 6. The Hall–Kier alpha value is -2.00. The number of nitrogens with one attached hydrogen (secondary N) is 3. The van der Waals surface area contributed by atoms with E-state index in [9.17, 15) is 4.79 Å². The summed E-state index contributed by atoms with van der Waals surface area (Å²) in [6.45, 7) is 2.62. The zero-order chi connectivity index (χ0) is 18.9. The highest BCUT2D eigenvalue weighted by atomic mass is 127. The molecule has 0 bridgehead atoms. The third-order valence-electron chi connectivity index (χ3n) is 3.61. The van der Waals surface area contributed by atoms with Crippen molar-refractivity contribution >= 4 is 53.1 Å². The minimum Gasteiger partial charge on any atom is -0.495 e. The van der Waals surface area contributed by atoms with Crippen molar-refractivity contribution in [3.8, 4) is 5.75 Å². The molecule has 0 fully saturated rings. The molecule has 0 atom stereocenters. The quantitative estimate of drug-likeness (QED) is 0.319. The maximum absolute atomic E-state index is 11.3. The highest BCUT2D eigenvalue weighted by Gasteiger charge is 2.07. The highest BCUT2D eigenvalue weighted by molar-refractivity contribution is 14.0. The summed E-state index contributed by atoms with van der Waals surface area (Å²) in [6.07, 6.45) is 0. The van der Waals surface area contributed by atoms with Gasteiger partial charge in [-0.1, -0.05) is 29.8 Å². The zero-order valence-electron chi connectivity index (χ0n) is 15.5. The summed E-state index contributed by atoms with van der Waals surface area (Å²) in [5, 5.41) is 9.95. The van der Waals surface area contributed by atoms with Gasteiger partial charge in [0.2, 0.25) is 5.91 Å². The number of hydrogen-bond acceptors (Lipinski definition) is 3. The Labute approximate surface area is 181 Å². The molecule has 0 heterocycles. The Balaban J connectivity index is 0.00000364. The van der Waals surface area contributed by atoms with E-state index in [4.69, 9.17) is 16.3 Å². The van der Waals surface area contributed by atoms with Crippen LogP contribution in [0.4, 0.5) is 5.69 Å². The zero-order valence-corrected chi connectivity index (χ0v) is 18.6. The summed E-state index contributed by atoms with van der Waals surface area (Å²) in [6, 6.07) is 13.3. The van der Waals surface area contributed by atoms with Crippen molar-refractivity contribution in [2.24, 2.45) is 4.99 Å². The maximum atomic E-state index is 11.3. The lowest BCUT2D eigenvalue weighted by Gasteiger charge is -2.14. The Morgan fingerprint density at radius 1 is 1.11 bits per heavy atom. The van der Waals surface area contributed by atoms with Crippen LogP contribution in [-0.4, -0.2) is 26.0 Å². The van der Waals surface area contributed by atoms with Gasteiger partial charge in [0.1, 0.15) is 5.75 Å². The molecule has 0 unspecified atom stereocenters. The summed E-state index contributed by atoms with van der Waals surface area (Å²) in [5.41, 5.74) is 2.69. The van der Waals surface area contributed by atoms with Crippen molar-refractivity contribution < 1.29 is 9.53 Å². The van der Waals surface area contributed by atoms with Gasteiger partial charge in [0.05, 0.1) is 12.8 Å². The van der Waals surface area contributed by atoms with Crippen LogP contribution in [0.3, 0.4) is 0 Å². The van der Waals surface area contributed by atoms with E-state index in [2.05, 4.69) is 20.9 Å². The van der Waals surface area contributed by atoms with E-state index in [0.29, 0.717) is 35.5 Å². The fraction of sp³-hybridized carbons (Fsp3) is 0.263. The summed E-state index contributed by atoms with van der Waals surface area (Å²) < 4.78 is 5.26. The molecule has 0 saturated carbocycles. The van der Waals surface area contributed by atoms with Crippen LogP contribution in [0.15, 0.2) is 47.5 Å². The van der Waals surface area contributed by atoms with Crippen LogP contribution < -0.4 is 20.7 Å². The number of guanidine groups is 1. The molecule has 2 rings (SSSR count). The van der Waals surface area contributed by atoms with E-state index < -0.39 is 0 Å². The van der Waals surface area contributed by atoms with E-state index >= 15 is 0 Å². The van der Waals surface area contributed by atoms with Gasteiger partial charge >= 0.3 is 0 Å². The van der Waals surface area contributed by atoms with Crippen LogP contribution in [0, 0.1) is 0 Å².